The predicted octanol–water partition coefficient (Wildman–Crippen LogP) is 1.03. The van der Waals surface area contributed by atoms with Crippen LogP contribution in [0.2, 0.25) is 0 Å². The lowest BCUT2D eigenvalue weighted by Gasteiger charge is -2.10. The maximum Gasteiger partial charge on any atom is 0.232 e. The summed E-state index contributed by atoms with van der Waals surface area (Å²) >= 11 is 0. The van der Waals surface area contributed by atoms with E-state index in [4.69, 9.17) is 0 Å². The third-order valence-electron chi connectivity index (χ3n) is 2.15. The topological polar surface area (TPSA) is 76.9 Å². The normalized spacial score (nSPS) is 11.4. The van der Waals surface area contributed by atoms with Crippen LogP contribution >= 0.6 is 0 Å². The number of nitrogens with zero attached hydrogens (tertiary/aromatic N) is 3. The number of anilines is 1. The van der Waals surface area contributed by atoms with Gasteiger partial charge in [-0.3, -0.25) is 4.72 Å². The van der Waals surface area contributed by atoms with Crippen molar-refractivity contribution in [3.8, 4) is 5.82 Å². The van der Waals surface area contributed by atoms with Crippen molar-refractivity contribution in [3.63, 3.8) is 0 Å². The highest BCUT2D eigenvalue weighted by Crippen LogP contribution is 2.17. The summed E-state index contributed by atoms with van der Waals surface area (Å²) in [6.45, 7) is 1.58. The van der Waals surface area contributed by atoms with Crippen LogP contribution in [0.25, 0.3) is 5.82 Å². The largest absolute Gasteiger partial charge is 0.280 e. The minimum absolute atomic E-state index is 0.0143. The maximum absolute atomic E-state index is 11.5. The Morgan fingerprint density at radius 2 is 2.18 bits per heavy atom. The molecule has 0 spiro atoms. The molecule has 0 aliphatic carbocycles. The molecule has 0 aromatic carbocycles. The summed E-state index contributed by atoms with van der Waals surface area (Å²) in [6.07, 6.45) is 4.89. The van der Waals surface area contributed by atoms with E-state index in [9.17, 15) is 8.42 Å². The molecule has 0 amide bonds. The highest BCUT2D eigenvalue weighted by molar-refractivity contribution is 7.92. The second kappa shape index (κ2) is 4.54. The second-order valence-electron chi connectivity index (χ2n) is 3.33. The van der Waals surface area contributed by atoms with Crippen LogP contribution in [0.15, 0.2) is 36.8 Å². The van der Waals surface area contributed by atoms with Crippen molar-refractivity contribution in [3.05, 3.63) is 36.8 Å². The summed E-state index contributed by atoms with van der Waals surface area (Å²) < 4.78 is 27.0. The Labute approximate surface area is 99.4 Å². The zero-order valence-electron chi connectivity index (χ0n) is 9.24. The number of rotatable bonds is 4. The molecule has 0 radical (unpaired) electrons. The first-order valence-corrected chi connectivity index (χ1v) is 6.73. The Balaban J connectivity index is 2.42. The first kappa shape index (κ1) is 11.6. The van der Waals surface area contributed by atoms with E-state index >= 15 is 0 Å². The number of nitrogens with one attached hydrogen (secondary N) is 1. The lowest BCUT2D eigenvalue weighted by Crippen LogP contribution is -2.16. The van der Waals surface area contributed by atoms with Gasteiger partial charge < -0.3 is 0 Å². The number of sulfonamides is 1. The van der Waals surface area contributed by atoms with Gasteiger partial charge in [-0.05, 0) is 25.1 Å². The summed E-state index contributed by atoms with van der Waals surface area (Å²) in [7, 11) is -3.32. The Morgan fingerprint density at radius 3 is 2.82 bits per heavy atom. The van der Waals surface area contributed by atoms with Gasteiger partial charge in [-0.1, -0.05) is 0 Å². The van der Waals surface area contributed by atoms with Crippen LogP contribution in [0.4, 0.5) is 5.69 Å². The van der Waals surface area contributed by atoms with Crippen molar-refractivity contribution in [2.45, 2.75) is 6.92 Å². The molecule has 0 unspecified atom stereocenters. The highest BCUT2D eigenvalue weighted by atomic mass is 32.2. The fourth-order valence-corrected chi connectivity index (χ4v) is 1.93. The van der Waals surface area contributed by atoms with E-state index in [0.29, 0.717) is 11.5 Å². The van der Waals surface area contributed by atoms with Gasteiger partial charge in [0.05, 0.1) is 11.4 Å². The molecular weight excluding hydrogens is 240 g/mol. The van der Waals surface area contributed by atoms with E-state index in [1.165, 1.54) is 4.68 Å². The Bertz CT molecular complexity index is 593. The molecule has 90 valence electrons. The van der Waals surface area contributed by atoms with Crippen LogP contribution in [-0.2, 0) is 10.0 Å². The number of aromatic nitrogens is 3. The summed E-state index contributed by atoms with van der Waals surface area (Å²) in [6, 6.07) is 5.06. The molecule has 0 aliphatic rings. The maximum atomic E-state index is 11.5. The lowest BCUT2D eigenvalue weighted by atomic mass is 10.4. The van der Waals surface area contributed by atoms with Crippen LogP contribution < -0.4 is 4.72 Å². The third-order valence-corrected chi connectivity index (χ3v) is 3.44. The molecule has 2 aromatic heterocycles. The van der Waals surface area contributed by atoms with Crippen molar-refractivity contribution < 1.29 is 8.42 Å². The van der Waals surface area contributed by atoms with Gasteiger partial charge in [-0.25, -0.2) is 18.1 Å². The monoisotopic (exact) mass is 252 g/mol. The Morgan fingerprint density at radius 1 is 1.35 bits per heavy atom. The zero-order valence-corrected chi connectivity index (χ0v) is 10.1. The van der Waals surface area contributed by atoms with Crippen LogP contribution in [0.1, 0.15) is 6.92 Å². The molecule has 0 aliphatic heterocycles. The van der Waals surface area contributed by atoms with E-state index in [-0.39, 0.29) is 5.75 Å². The zero-order chi connectivity index (χ0) is 12.3. The molecule has 0 bridgehead atoms. The third kappa shape index (κ3) is 2.62. The molecule has 0 atom stereocenters. The summed E-state index contributed by atoms with van der Waals surface area (Å²) in [4.78, 5) is 4.11. The SMILES string of the molecule is CCS(=O)(=O)Nc1cccnc1-n1cccn1. The highest BCUT2D eigenvalue weighted by Gasteiger charge is 2.12. The number of hydrogen-bond acceptors (Lipinski definition) is 4. The van der Waals surface area contributed by atoms with Gasteiger partial charge >= 0.3 is 0 Å². The van der Waals surface area contributed by atoms with Gasteiger partial charge in [-0.15, -0.1) is 0 Å². The van der Waals surface area contributed by atoms with Crippen molar-refractivity contribution >= 4 is 15.7 Å². The van der Waals surface area contributed by atoms with Crippen LogP contribution in [-0.4, -0.2) is 28.9 Å². The molecule has 2 aromatic rings. The summed E-state index contributed by atoms with van der Waals surface area (Å²) in [5.74, 6) is 0.468. The van der Waals surface area contributed by atoms with Gasteiger partial charge in [0.15, 0.2) is 5.82 Å². The van der Waals surface area contributed by atoms with E-state index in [2.05, 4.69) is 14.8 Å². The van der Waals surface area contributed by atoms with E-state index in [1.54, 1.807) is 43.7 Å². The van der Waals surface area contributed by atoms with Crippen molar-refractivity contribution in [1.82, 2.24) is 14.8 Å². The Hall–Kier alpha value is -1.89. The van der Waals surface area contributed by atoms with Gasteiger partial charge in [0.25, 0.3) is 0 Å². The minimum atomic E-state index is -3.32. The average Bonchev–Trinajstić information content (AvgIpc) is 2.83. The molecule has 6 nitrogen and oxygen atoms in total. The van der Waals surface area contributed by atoms with Crippen molar-refractivity contribution in [2.75, 3.05) is 10.5 Å². The van der Waals surface area contributed by atoms with E-state index in [1.807, 2.05) is 0 Å². The molecule has 2 rings (SSSR count). The van der Waals surface area contributed by atoms with Gasteiger partial charge in [0.2, 0.25) is 10.0 Å². The van der Waals surface area contributed by atoms with E-state index in [0.717, 1.165) is 0 Å². The van der Waals surface area contributed by atoms with Gasteiger partial charge in [0, 0.05) is 18.6 Å². The number of hydrogen-bond donors (Lipinski definition) is 1. The fraction of sp³-hybridized carbons (Fsp3) is 0.200. The lowest BCUT2D eigenvalue weighted by molar-refractivity contribution is 0.602. The van der Waals surface area contributed by atoms with Gasteiger partial charge in [0.1, 0.15) is 0 Å². The smallest absolute Gasteiger partial charge is 0.232 e. The molecule has 0 saturated carbocycles. The van der Waals surface area contributed by atoms with Crippen molar-refractivity contribution in [1.29, 1.82) is 0 Å². The number of pyridine rings is 1. The first-order valence-electron chi connectivity index (χ1n) is 5.08. The minimum Gasteiger partial charge on any atom is -0.280 e. The van der Waals surface area contributed by atoms with Crippen molar-refractivity contribution in [2.24, 2.45) is 0 Å². The molecule has 2 heterocycles. The fourth-order valence-electron chi connectivity index (χ4n) is 1.29. The van der Waals surface area contributed by atoms with Crippen LogP contribution in [0.5, 0.6) is 0 Å². The molecular formula is C10H12N4O2S. The van der Waals surface area contributed by atoms with Gasteiger partial charge in [-0.2, -0.15) is 5.10 Å². The standard InChI is InChI=1S/C10H12N4O2S/c1-2-17(15,16)13-9-5-3-6-11-10(9)14-8-4-7-12-14/h3-8,13H,2H2,1H3. The summed E-state index contributed by atoms with van der Waals surface area (Å²) in [5, 5.41) is 4.02. The van der Waals surface area contributed by atoms with Crippen LogP contribution in [0.3, 0.4) is 0 Å². The summed E-state index contributed by atoms with van der Waals surface area (Å²) in [5.41, 5.74) is 0.415. The second-order valence-corrected chi connectivity index (χ2v) is 5.34. The predicted molar refractivity (Wildman–Crippen MR) is 64.4 cm³/mol. The van der Waals surface area contributed by atoms with E-state index < -0.39 is 10.0 Å². The van der Waals surface area contributed by atoms with Crippen LogP contribution in [0, 0.1) is 0 Å². The molecule has 7 heteroatoms. The molecule has 1 N–H and O–H groups in total. The molecule has 0 saturated heterocycles. The Kier molecular flexibility index (Phi) is 3.10. The molecule has 17 heavy (non-hydrogen) atoms. The molecule has 0 fully saturated rings. The average molecular weight is 252 g/mol. The first-order chi connectivity index (χ1) is 8.12. The quantitative estimate of drug-likeness (QED) is 0.881.